The first-order valence-corrected chi connectivity index (χ1v) is 8.87. The minimum absolute atomic E-state index is 0.288. The molecule has 4 N–H and O–H groups in total. The fraction of sp³-hybridized carbons (Fsp3) is 0.263. The third kappa shape index (κ3) is 2.70. The molecule has 0 radical (unpaired) electrons. The van der Waals surface area contributed by atoms with Gasteiger partial charge in [0.15, 0.2) is 5.82 Å². The number of rotatable bonds is 3. The molecule has 132 valence electrons. The van der Waals surface area contributed by atoms with Gasteiger partial charge in [0.2, 0.25) is 0 Å². The highest BCUT2D eigenvalue weighted by molar-refractivity contribution is 5.93. The first-order valence-electron chi connectivity index (χ1n) is 8.87. The van der Waals surface area contributed by atoms with E-state index in [9.17, 15) is 4.39 Å². The second-order valence-electron chi connectivity index (χ2n) is 6.77. The summed E-state index contributed by atoms with van der Waals surface area (Å²) in [7, 11) is 0. The second kappa shape index (κ2) is 6.10. The molecule has 3 heterocycles. The van der Waals surface area contributed by atoms with Crippen molar-refractivity contribution in [3.05, 3.63) is 42.2 Å². The smallest absolute Gasteiger partial charge is 0.159 e. The van der Waals surface area contributed by atoms with Crippen molar-refractivity contribution in [3.8, 4) is 11.5 Å². The van der Waals surface area contributed by atoms with Crippen LogP contribution >= 0.6 is 0 Å². The Bertz CT molecular complexity index is 1080. The van der Waals surface area contributed by atoms with Gasteiger partial charge in [-0.15, -0.1) is 0 Å². The van der Waals surface area contributed by atoms with Crippen LogP contribution in [-0.2, 0) is 0 Å². The molecular formula is C19H19FN6. The number of nitrogens with one attached hydrogen (secondary N) is 4. The third-order valence-corrected chi connectivity index (χ3v) is 4.90. The molecule has 5 rings (SSSR count). The van der Waals surface area contributed by atoms with Crippen molar-refractivity contribution < 1.29 is 4.39 Å². The number of anilines is 1. The number of nitrogens with zero attached hydrogens (tertiary/aromatic N) is 2. The Hall–Kier alpha value is -2.93. The van der Waals surface area contributed by atoms with Crippen LogP contribution in [0.4, 0.5) is 10.1 Å². The Kier molecular flexibility index (Phi) is 3.60. The normalized spacial score (nSPS) is 17.8. The Labute approximate surface area is 149 Å². The molecule has 0 saturated carbocycles. The summed E-state index contributed by atoms with van der Waals surface area (Å²) in [4.78, 5) is 7.94. The number of piperidine rings is 1. The summed E-state index contributed by atoms with van der Waals surface area (Å²) in [5, 5.41) is 14.9. The highest BCUT2D eigenvalue weighted by Crippen LogP contribution is 2.28. The molecule has 0 amide bonds. The number of hydrogen-bond donors (Lipinski definition) is 4. The van der Waals surface area contributed by atoms with Gasteiger partial charge in [0.05, 0.1) is 16.6 Å². The monoisotopic (exact) mass is 350 g/mol. The second-order valence-corrected chi connectivity index (χ2v) is 6.77. The van der Waals surface area contributed by atoms with E-state index in [0.717, 1.165) is 40.7 Å². The maximum Gasteiger partial charge on any atom is 0.159 e. The number of halogens is 1. The summed E-state index contributed by atoms with van der Waals surface area (Å²) >= 11 is 0. The van der Waals surface area contributed by atoms with E-state index in [0.29, 0.717) is 17.6 Å². The summed E-state index contributed by atoms with van der Waals surface area (Å²) in [6.45, 7) is 2.08. The standard InChI is InChI=1S/C19H19FN6/c20-11-3-5-15-14(8-11)18(26-25-15)19-23-16-6-4-12(9-17(16)24-19)22-13-2-1-7-21-10-13/h3-6,8-9,13,21-22H,1-2,7,10H2,(H,23,24)(H,25,26). The number of aromatic amines is 2. The van der Waals surface area contributed by atoms with Gasteiger partial charge in [0.25, 0.3) is 0 Å². The van der Waals surface area contributed by atoms with Crippen molar-refractivity contribution in [2.45, 2.75) is 18.9 Å². The van der Waals surface area contributed by atoms with Crippen molar-refractivity contribution in [1.82, 2.24) is 25.5 Å². The molecular weight excluding hydrogens is 331 g/mol. The van der Waals surface area contributed by atoms with E-state index in [4.69, 9.17) is 0 Å². The molecule has 1 aliphatic heterocycles. The fourth-order valence-corrected chi connectivity index (χ4v) is 3.59. The molecule has 7 heteroatoms. The van der Waals surface area contributed by atoms with E-state index < -0.39 is 0 Å². The average molecular weight is 350 g/mol. The molecule has 2 aromatic carbocycles. The molecule has 0 aliphatic carbocycles. The summed E-state index contributed by atoms with van der Waals surface area (Å²) in [5.41, 5.74) is 4.27. The lowest BCUT2D eigenvalue weighted by atomic mass is 10.1. The minimum atomic E-state index is -0.288. The molecule has 6 nitrogen and oxygen atoms in total. The summed E-state index contributed by atoms with van der Waals surface area (Å²) in [6.07, 6.45) is 2.36. The van der Waals surface area contributed by atoms with Crippen LogP contribution in [0.3, 0.4) is 0 Å². The Morgan fingerprint density at radius 3 is 2.96 bits per heavy atom. The van der Waals surface area contributed by atoms with Crippen LogP contribution in [0, 0.1) is 5.82 Å². The van der Waals surface area contributed by atoms with Crippen LogP contribution < -0.4 is 10.6 Å². The molecule has 0 bridgehead atoms. The van der Waals surface area contributed by atoms with Crippen molar-refractivity contribution in [2.75, 3.05) is 18.4 Å². The molecule has 4 aromatic rings. The van der Waals surface area contributed by atoms with Gasteiger partial charge in [-0.2, -0.15) is 5.10 Å². The predicted molar refractivity (Wildman–Crippen MR) is 101 cm³/mol. The number of hydrogen-bond acceptors (Lipinski definition) is 4. The van der Waals surface area contributed by atoms with E-state index in [2.05, 4.69) is 36.9 Å². The zero-order valence-corrected chi connectivity index (χ0v) is 14.1. The summed E-state index contributed by atoms with van der Waals surface area (Å²) in [5.74, 6) is 0.345. The Morgan fingerprint density at radius 1 is 1.12 bits per heavy atom. The van der Waals surface area contributed by atoms with Gasteiger partial charge in [-0.25, -0.2) is 9.37 Å². The lowest BCUT2D eigenvalue weighted by molar-refractivity contribution is 0.480. The molecule has 1 fully saturated rings. The Balaban J connectivity index is 1.50. The SMILES string of the molecule is Fc1ccc2[nH]nc(-c3nc4ccc(NC5CCCNC5)cc4[nH]3)c2c1. The van der Waals surface area contributed by atoms with Crippen LogP contribution in [0.2, 0.25) is 0 Å². The highest BCUT2D eigenvalue weighted by atomic mass is 19.1. The molecule has 0 spiro atoms. The van der Waals surface area contributed by atoms with E-state index in [1.165, 1.54) is 25.0 Å². The van der Waals surface area contributed by atoms with Gasteiger partial charge >= 0.3 is 0 Å². The van der Waals surface area contributed by atoms with Gasteiger partial charge in [0.1, 0.15) is 11.5 Å². The van der Waals surface area contributed by atoms with Gasteiger partial charge in [-0.05, 0) is 55.8 Å². The van der Waals surface area contributed by atoms with Crippen LogP contribution in [0.5, 0.6) is 0 Å². The van der Waals surface area contributed by atoms with Gasteiger partial charge in [0, 0.05) is 23.7 Å². The summed E-state index contributed by atoms with van der Waals surface area (Å²) < 4.78 is 13.6. The van der Waals surface area contributed by atoms with E-state index in [1.54, 1.807) is 6.07 Å². The van der Waals surface area contributed by atoms with E-state index in [1.807, 2.05) is 12.1 Å². The highest BCUT2D eigenvalue weighted by Gasteiger charge is 2.15. The molecule has 1 aliphatic rings. The van der Waals surface area contributed by atoms with Crippen LogP contribution in [-0.4, -0.2) is 39.3 Å². The van der Waals surface area contributed by atoms with Crippen LogP contribution in [0.25, 0.3) is 33.5 Å². The van der Waals surface area contributed by atoms with Gasteiger partial charge in [-0.1, -0.05) is 0 Å². The zero-order chi connectivity index (χ0) is 17.5. The first kappa shape index (κ1) is 15.3. The quantitative estimate of drug-likeness (QED) is 0.456. The lowest BCUT2D eigenvalue weighted by Crippen LogP contribution is -2.38. The number of benzene rings is 2. The zero-order valence-electron chi connectivity index (χ0n) is 14.1. The molecule has 2 aromatic heterocycles. The van der Waals surface area contributed by atoms with E-state index >= 15 is 0 Å². The minimum Gasteiger partial charge on any atom is -0.381 e. The van der Waals surface area contributed by atoms with E-state index in [-0.39, 0.29) is 5.82 Å². The van der Waals surface area contributed by atoms with Crippen molar-refractivity contribution in [1.29, 1.82) is 0 Å². The Morgan fingerprint density at radius 2 is 2.08 bits per heavy atom. The number of aromatic nitrogens is 4. The van der Waals surface area contributed by atoms with Crippen molar-refractivity contribution in [3.63, 3.8) is 0 Å². The van der Waals surface area contributed by atoms with Crippen LogP contribution in [0.15, 0.2) is 36.4 Å². The lowest BCUT2D eigenvalue weighted by Gasteiger charge is -2.24. The number of fused-ring (bicyclic) bond motifs is 2. The average Bonchev–Trinajstić information content (AvgIpc) is 3.25. The first-order chi connectivity index (χ1) is 12.8. The molecule has 1 unspecified atom stereocenters. The maximum atomic E-state index is 13.6. The van der Waals surface area contributed by atoms with Gasteiger partial charge in [-0.3, -0.25) is 5.10 Å². The predicted octanol–water partition coefficient (Wildman–Crippen LogP) is 3.41. The molecule has 1 atom stereocenters. The van der Waals surface area contributed by atoms with Gasteiger partial charge < -0.3 is 15.6 Å². The largest absolute Gasteiger partial charge is 0.381 e. The topological polar surface area (TPSA) is 81.4 Å². The maximum absolute atomic E-state index is 13.6. The summed E-state index contributed by atoms with van der Waals surface area (Å²) in [6, 6.07) is 11.1. The van der Waals surface area contributed by atoms with Crippen LogP contribution in [0.1, 0.15) is 12.8 Å². The fourth-order valence-electron chi connectivity index (χ4n) is 3.59. The number of imidazole rings is 1. The molecule has 26 heavy (non-hydrogen) atoms. The molecule has 1 saturated heterocycles. The van der Waals surface area contributed by atoms with Crippen molar-refractivity contribution >= 4 is 27.6 Å². The van der Waals surface area contributed by atoms with Crippen molar-refractivity contribution in [2.24, 2.45) is 0 Å². The number of H-pyrrole nitrogens is 2. The third-order valence-electron chi connectivity index (χ3n) is 4.90.